The van der Waals surface area contributed by atoms with Crippen molar-refractivity contribution in [2.24, 2.45) is 0 Å². The fourth-order valence-corrected chi connectivity index (χ4v) is 8.05. The molecule has 0 bridgehead atoms. The summed E-state index contributed by atoms with van der Waals surface area (Å²) < 4.78 is 23.2. The van der Waals surface area contributed by atoms with E-state index in [9.17, 15) is 19.4 Å². The van der Waals surface area contributed by atoms with E-state index in [1.54, 1.807) is 6.08 Å². The molecule has 0 aromatic carbocycles. The molecule has 340 valence electrons. The molecule has 0 aromatic rings. The predicted octanol–water partition coefficient (Wildman–Crippen LogP) is 13.3. The molecule has 2 N–H and O–H groups in total. The second-order valence-corrected chi connectivity index (χ2v) is 19.6. The highest BCUT2D eigenvalue weighted by molar-refractivity contribution is 7.45. The average Bonchev–Trinajstić information content (AvgIpc) is 3.16. The van der Waals surface area contributed by atoms with Crippen molar-refractivity contribution in [2.45, 2.75) is 251 Å². The van der Waals surface area contributed by atoms with Gasteiger partial charge in [-0.3, -0.25) is 9.36 Å². The molecule has 1 amide bonds. The Bertz CT molecular complexity index is 942. The van der Waals surface area contributed by atoms with Crippen LogP contribution in [0.1, 0.15) is 239 Å². The summed E-state index contributed by atoms with van der Waals surface area (Å²) in [6.07, 6.45) is 46.8. The molecule has 0 heterocycles. The Kier molecular flexibility index (Phi) is 40.1. The number of carbonyl (C=O) groups excluding carboxylic acids is 1. The van der Waals surface area contributed by atoms with Gasteiger partial charge in [0.25, 0.3) is 7.82 Å². The van der Waals surface area contributed by atoms with Gasteiger partial charge in [-0.2, -0.15) is 0 Å². The summed E-state index contributed by atoms with van der Waals surface area (Å²) in [7, 11) is 1.27. The van der Waals surface area contributed by atoms with Gasteiger partial charge in [0.15, 0.2) is 0 Å². The number of hydrogen-bond donors (Lipinski definition) is 2. The zero-order chi connectivity index (χ0) is 42.1. The average molecular weight is 829 g/mol. The van der Waals surface area contributed by atoms with Crippen molar-refractivity contribution in [3.05, 3.63) is 12.2 Å². The third kappa shape index (κ3) is 43.1. The van der Waals surface area contributed by atoms with Crippen LogP contribution in [-0.2, 0) is 18.4 Å². The molecule has 0 rings (SSSR count). The Labute approximate surface area is 354 Å². The number of nitrogens with zero attached hydrogens (tertiary/aromatic N) is 1. The van der Waals surface area contributed by atoms with Crippen LogP contribution >= 0.6 is 7.82 Å². The molecule has 9 heteroatoms. The number of nitrogens with one attached hydrogen (secondary N) is 1. The lowest BCUT2D eigenvalue weighted by Gasteiger charge is -2.29. The van der Waals surface area contributed by atoms with Gasteiger partial charge in [0.05, 0.1) is 39.9 Å². The highest BCUT2D eigenvalue weighted by Crippen LogP contribution is 2.38. The van der Waals surface area contributed by atoms with Gasteiger partial charge in [0.1, 0.15) is 13.2 Å². The van der Waals surface area contributed by atoms with Crippen LogP contribution in [0.2, 0.25) is 0 Å². The maximum absolute atomic E-state index is 12.9. The first-order valence-electron chi connectivity index (χ1n) is 24.6. The van der Waals surface area contributed by atoms with Gasteiger partial charge < -0.3 is 28.8 Å². The molecule has 0 aliphatic heterocycles. The Morgan fingerprint density at radius 2 is 0.947 bits per heavy atom. The van der Waals surface area contributed by atoms with Crippen LogP contribution in [0.5, 0.6) is 0 Å². The van der Waals surface area contributed by atoms with E-state index in [4.69, 9.17) is 9.05 Å². The van der Waals surface area contributed by atoms with Crippen LogP contribution in [0.15, 0.2) is 12.2 Å². The maximum atomic E-state index is 12.9. The van der Waals surface area contributed by atoms with Gasteiger partial charge in [0.2, 0.25) is 5.91 Å². The van der Waals surface area contributed by atoms with Crippen molar-refractivity contribution < 1.29 is 32.9 Å². The van der Waals surface area contributed by atoms with E-state index in [-0.39, 0.29) is 19.1 Å². The molecule has 0 aliphatic rings. The van der Waals surface area contributed by atoms with E-state index < -0.39 is 20.0 Å². The topological polar surface area (TPSA) is 108 Å². The Balaban J connectivity index is 4.29. The first-order chi connectivity index (χ1) is 27.5. The van der Waals surface area contributed by atoms with E-state index in [1.165, 1.54) is 180 Å². The largest absolute Gasteiger partial charge is 0.756 e. The summed E-state index contributed by atoms with van der Waals surface area (Å²) in [5, 5.41) is 13.8. The predicted molar refractivity (Wildman–Crippen MR) is 242 cm³/mol. The minimum absolute atomic E-state index is 0.00231. The number of phosphoric acid groups is 1. The number of aliphatic hydroxyl groups excluding tert-OH is 1. The molecular weight excluding hydrogens is 732 g/mol. The van der Waals surface area contributed by atoms with E-state index in [0.717, 1.165) is 38.5 Å². The van der Waals surface area contributed by atoms with Gasteiger partial charge in [-0.05, 0) is 19.3 Å². The minimum Gasteiger partial charge on any atom is -0.756 e. The second kappa shape index (κ2) is 40.6. The lowest BCUT2D eigenvalue weighted by atomic mass is 10.0. The van der Waals surface area contributed by atoms with Crippen LogP contribution in [0.25, 0.3) is 0 Å². The number of carbonyl (C=O) groups is 1. The summed E-state index contributed by atoms with van der Waals surface area (Å²) in [6, 6.07) is -0.880. The van der Waals surface area contributed by atoms with Crippen LogP contribution in [0.4, 0.5) is 0 Å². The molecule has 0 aromatic heterocycles. The highest BCUT2D eigenvalue weighted by Gasteiger charge is 2.23. The monoisotopic (exact) mass is 829 g/mol. The van der Waals surface area contributed by atoms with Crippen LogP contribution in [-0.4, -0.2) is 68.5 Å². The Morgan fingerprint density at radius 1 is 0.596 bits per heavy atom. The summed E-state index contributed by atoms with van der Waals surface area (Å²) in [6.45, 7) is 4.67. The lowest BCUT2D eigenvalue weighted by Crippen LogP contribution is -2.45. The van der Waals surface area contributed by atoms with E-state index in [1.807, 2.05) is 27.2 Å². The number of likely N-dealkylation sites (N-methyl/N-ethyl adjacent to an activating group) is 1. The van der Waals surface area contributed by atoms with E-state index in [0.29, 0.717) is 17.4 Å². The highest BCUT2D eigenvalue weighted by atomic mass is 31.2. The maximum Gasteiger partial charge on any atom is 0.268 e. The smallest absolute Gasteiger partial charge is 0.268 e. The first-order valence-corrected chi connectivity index (χ1v) is 26.0. The normalized spacial score (nSPS) is 14.3. The van der Waals surface area contributed by atoms with Crippen molar-refractivity contribution in [1.82, 2.24) is 5.32 Å². The number of phosphoric ester groups is 1. The molecule has 0 spiro atoms. The standard InChI is InChI=1S/C48H97N2O6P/c1-6-8-10-12-14-16-18-20-22-23-24-25-26-28-30-32-34-36-38-40-42-48(52)49-46(45-56-57(53,54)55-44-43-50(3,4)5)47(51)41-39-37-35-33-31-29-27-21-19-17-15-13-11-9-7-2/h39,41,46-47,51H,6-38,40,42-45H2,1-5H3,(H-,49,52,53,54)/b41-39+/t46-,47+/m0/s1. The van der Waals surface area contributed by atoms with Crippen LogP contribution in [0.3, 0.4) is 0 Å². The number of quaternary nitrogens is 1. The summed E-state index contributed by atoms with van der Waals surface area (Å²) in [5.74, 6) is -0.193. The molecule has 0 saturated carbocycles. The molecule has 3 atom stereocenters. The number of unbranched alkanes of at least 4 members (excludes halogenated alkanes) is 32. The third-order valence-electron chi connectivity index (χ3n) is 11.2. The first kappa shape index (κ1) is 56.2. The number of allylic oxidation sites excluding steroid dienone is 1. The summed E-state index contributed by atoms with van der Waals surface area (Å²) in [5.41, 5.74) is 0. The molecule has 0 fully saturated rings. The lowest BCUT2D eigenvalue weighted by molar-refractivity contribution is -0.870. The van der Waals surface area contributed by atoms with Crippen molar-refractivity contribution in [3.63, 3.8) is 0 Å². The summed E-state index contributed by atoms with van der Waals surface area (Å²) >= 11 is 0. The zero-order valence-corrected chi connectivity index (χ0v) is 39.5. The van der Waals surface area contributed by atoms with Crippen LogP contribution in [0, 0.1) is 0 Å². The molecular formula is C48H97N2O6P. The van der Waals surface area contributed by atoms with Crippen molar-refractivity contribution in [3.8, 4) is 0 Å². The van der Waals surface area contributed by atoms with E-state index in [2.05, 4.69) is 19.2 Å². The molecule has 0 saturated heterocycles. The van der Waals surface area contributed by atoms with Gasteiger partial charge in [-0.15, -0.1) is 0 Å². The van der Waals surface area contributed by atoms with Crippen molar-refractivity contribution in [1.29, 1.82) is 0 Å². The second-order valence-electron chi connectivity index (χ2n) is 18.2. The van der Waals surface area contributed by atoms with Crippen LogP contribution < -0.4 is 10.2 Å². The molecule has 8 nitrogen and oxygen atoms in total. The molecule has 0 aliphatic carbocycles. The number of aliphatic hydroxyl groups is 1. The number of hydrogen-bond acceptors (Lipinski definition) is 6. The Hall–Kier alpha value is -0.760. The van der Waals surface area contributed by atoms with Gasteiger partial charge in [0, 0.05) is 6.42 Å². The number of amides is 1. The van der Waals surface area contributed by atoms with Gasteiger partial charge in [-0.25, -0.2) is 0 Å². The SMILES string of the molecule is CCCCCCCCCCCCCCC/C=C/[C@@H](O)[C@H](COP(=O)([O-])OCC[N+](C)(C)C)NC(=O)CCCCCCCCCCCCCCCCCCCCCC. The zero-order valence-electron chi connectivity index (χ0n) is 38.6. The molecule has 1 unspecified atom stereocenters. The minimum atomic E-state index is -4.58. The molecule has 57 heavy (non-hydrogen) atoms. The summed E-state index contributed by atoms with van der Waals surface area (Å²) in [4.78, 5) is 25.4. The van der Waals surface area contributed by atoms with Gasteiger partial charge >= 0.3 is 0 Å². The fraction of sp³-hybridized carbons (Fsp3) is 0.938. The number of rotatable bonds is 45. The van der Waals surface area contributed by atoms with Crippen molar-refractivity contribution in [2.75, 3.05) is 40.9 Å². The molecule has 0 radical (unpaired) electrons. The third-order valence-corrected chi connectivity index (χ3v) is 12.2. The van der Waals surface area contributed by atoms with Crippen molar-refractivity contribution >= 4 is 13.7 Å². The Morgan fingerprint density at radius 3 is 1.32 bits per heavy atom. The fourth-order valence-electron chi connectivity index (χ4n) is 7.33. The quantitative estimate of drug-likeness (QED) is 0.0274. The van der Waals surface area contributed by atoms with E-state index >= 15 is 0 Å². The van der Waals surface area contributed by atoms with Gasteiger partial charge in [-0.1, -0.05) is 225 Å².